The number of rotatable bonds is 6. The first-order chi connectivity index (χ1) is 11.2. The van der Waals surface area contributed by atoms with E-state index in [2.05, 4.69) is 0 Å². The van der Waals surface area contributed by atoms with Crippen LogP contribution in [0.4, 0.5) is 0 Å². The van der Waals surface area contributed by atoms with Crippen molar-refractivity contribution >= 4 is 20.0 Å². The fourth-order valence-electron chi connectivity index (χ4n) is 2.31. The second-order valence-electron chi connectivity index (χ2n) is 5.60. The highest BCUT2D eigenvalue weighted by Gasteiger charge is 2.26. The van der Waals surface area contributed by atoms with Crippen LogP contribution in [0.25, 0.3) is 0 Å². The summed E-state index contributed by atoms with van der Waals surface area (Å²) in [6.45, 7) is 3.97. The largest absolute Gasteiger partial charge is 0.379 e. The second-order valence-corrected chi connectivity index (χ2v) is 9.10. The lowest BCUT2D eigenvalue weighted by atomic mass is 9.98. The second kappa shape index (κ2) is 6.94. The first-order valence-corrected chi connectivity index (χ1v) is 10.8. The van der Waals surface area contributed by atoms with E-state index in [0.29, 0.717) is 0 Å². The summed E-state index contributed by atoms with van der Waals surface area (Å²) in [5.74, 6) is 0.330. The highest BCUT2D eigenvalue weighted by molar-refractivity contribution is 7.92. The molecule has 7 heteroatoms. The van der Waals surface area contributed by atoms with Gasteiger partial charge in [0.1, 0.15) is 10.6 Å². The Bertz CT molecular complexity index is 931. The molecule has 2 rings (SSSR count). The van der Waals surface area contributed by atoms with Crippen molar-refractivity contribution in [2.75, 3.05) is 6.26 Å². The Morgan fingerprint density at radius 3 is 2.04 bits per heavy atom. The van der Waals surface area contributed by atoms with Crippen LogP contribution in [-0.4, -0.2) is 23.1 Å². The Balaban J connectivity index is 2.53. The standard InChI is InChI=1S/C17H20O5S2/c1-4-13(2)14-9-5-6-10-15(14)22-24(20,21)17-12-8-7-11-16(17)23(3,18)19/h5-13H,4H2,1-3H3. The molecule has 2 aromatic carbocycles. The third-order valence-electron chi connectivity index (χ3n) is 3.78. The summed E-state index contributed by atoms with van der Waals surface area (Å²) in [6, 6.07) is 12.3. The number of sulfone groups is 1. The molecule has 0 amide bonds. The molecule has 0 aromatic heterocycles. The zero-order valence-electron chi connectivity index (χ0n) is 13.8. The summed E-state index contributed by atoms with van der Waals surface area (Å²) in [7, 11) is -7.97. The smallest absolute Gasteiger partial charge is 0.340 e. The molecule has 0 bridgehead atoms. The van der Waals surface area contributed by atoms with E-state index in [1.165, 1.54) is 24.3 Å². The van der Waals surface area contributed by atoms with Gasteiger partial charge in [-0.05, 0) is 36.1 Å². The third kappa shape index (κ3) is 3.96. The lowest BCUT2D eigenvalue weighted by molar-refractivity contribution is 0.477. The molecule has 1 unspecified atom stereocenters. The zero-order valence-corrected chi connectivity index (χ0v) is 15.4. The average molecular weight is 368 g/mol. The van der Waals surface area contributed by atoms with Crippen LogP contribution in [0.5, 0.6) is 5.75 Å². The summed E-state index contributed by atoms with van der Waals surface area (Å²) in [5.41, 5.74) is 0.764. The SMILES string of the molecule is CCC(C)c1ccccc1OS(=O)(=O)c1ccccc1S(C)(=O)=O. The molecule has 2 aromatic rings. The normalized spacial score (nSPS) is 13.5. The van der Waals surface area contributed by atoms with E-state index >= 15 is 0 Å². The molecule has 24 heavy (non-hydrogen) atoms. The average Bonchev–Trinajstić information content (AvgIpc) is 2.53. The Hall–Kier alpha value is -1.86. The highest BCUT2D eigenvalue weighted by atomic mass is 32.2. The molecule has 130 valence electrons. The lowest BCUT2D eigenvalue weighted by Gasteiger charge is -2.16. The minimum absolute atomic E-state index is 0.113. The maximum absolute atomic E-state index is 12.6. The van der Waals surface area contributed by atoms with Crippen molar-refractivity contribution in [3.05, 3.63) is 54.1 Å². The van der Waals surface area contributed by atoms with Crippen LogP contribution in [0.15, 0.2) is 58.3 Å². The van der Waals surface area contributed by atoms with E-state index in [9.17, 15) is 16.8 Å². The Kier molecular flexibility index (Phi) is 5.35. The molecule has 0 N–H and O–H groups in total. The van der Waals surface area contributed by atoms with Gasteiger partial charge in [-0.3, -0.25) is 0 Å². The van der Waals surface area contributed by atoms with Crippen molar-refractivity contribution in [1.82, 2.24) is 0 Å². The molecule has 0 aliphatic rings. The number of para-hydroxylation sites is 1. The Labute approximate surface area is 143 Å². The van der Waals surface area contributed by atoms with Gasteiger partial charge in [0.05, 0.1) is 4.90 Å². The van der Waals surface area contributed by atoms with Crippen LogP contribution in [0.2, 0.25) is 0 Å². The van der Waals surface area contributed by atoms with Crippen LogP contribution in [0, 0.1) is 0 Å². The van der Waals surface area contributed by atoms with Gasteiger partial charge in [-0.15, -0.1) is 0 Å². The fourth-order valence-corrected chi connectivity index (χ4v) is 4.87. The molecule has 0 saturated carbocycles. The number of benzene rings is 2. The number of hydrogen-bond acceptors (Lipinski definition) is 5. The van der Waals surface area contributed by atoms with E-state index < -0.39 is 20.0 Å². The molecule has 0 radical (unpaired) electrons. The molecule has 0 spiro atoms. The molecule has 0 fully saturated rings. The molecular formula is C17H20O5S2. The predicted octanol–water partition coefficient (Wildman–Crippen LogP) is 3.37. The Morgan fingerprint density at radius 1 is 0.917 bits per heavy atom. The molecule has 1 atom stereocenters. The van der Waals surface area contributed by atoms with Crippen LogP contribution >= 0.6 is 0 Å². The van der Waals surface area contributed by atoms with Crippen LogP contribution in [0.3, 0.4) is 0 Å². The summed E-state index contributed by atoms with van der Waals surface area (Å²) >= 11 is 0. The van der Waals surface area contributed by atoms with Crippen LogP contribution in [-0.2, 0) is 20.0 Å². The molecule has 0 saturated heterocycles. The summed E-state index contributed by atoms with van der Waals surface area (Å²) < 4.78 is 54.3. The minimum Gasteiger partial charge on any atom is -0.379 e. The third-order valence-corrected chi connectivity index (χ3v) is 6.36. The van der Waals surface area contributed by atoms with Crippen molar-refractivity contribution in [3.63, 3.8) is 0 Å². The first kappa shape index (κ1) is 18.5. The van der Waals surface area contributed by atoms with Crippen LogP contribution in [0.1, 0.15) is 31.7 Å². The summed E-state index contributed by atoms with van der Waals surface area (Å²) in [4.78, 5) is -0.627. The van der Waals surface area contributed by atoms with E-state index in [4.69, 9.17) is 4.18 Å². The van der Waals surface area contributed by atoms with Crippen molar-refractivity contribution in [2.24, 2.45) is 0 Å². The maximum atomic E-state index is 12.6. The first-order valence-electron chi connectivity index (χ1n) is 7.49. The highest BCUT2D eigenvalue weighted by Crippen LogP contribution is 2.31. The van der Waals surface area contributed by atoms with Gasteiger partial charge >= 0.3 is 10.1 Å². The van der Waals surface area contributed by atoms with Gasteiger partial charge in [-0.25, -0.2) is 8.42 Å². The van der Waals surface area contributed by atoms with Crippen molar-refractivity contribution in [1.29, 1.82) is 0 Å². The van der Waals surface area contributed by atoms with Gasteiger partial charge in [0.15, 0.2) is 9.84 Å². The molecule has 5 nitrogen and oxygen atoms in total. The van der Waals surface area contributed by atoms with Gasteiger partial charge < -0.3 is 4.18 Å². The predicted molar refractivity (Wildman–Crippen MR) is 92.5 cm³/mol. The van der Waals surface area contributed by atoms with Gasteiger partial charge in [0.25, 0.3) is 0 Å². The van der Waals surface area contributed by atoms with Crippen molar-refractivity contribution in [3.8, 4) is 5.75 Å². The Morgan fingerprint density at radius 2 is 1.46 bits per heavy atom. The molecule has 0 aliphatic carbocycles. The van der Waals surface area contributed by atoms with E-state index in [1.54, 1.807) is 12.1 Å². The van der Waals surface area contributed by atoms with E-state index in [0.717, 1.165) is 18.2 Å². The van der Waals surface area contributed by atoms with Gasteiger partial charge in [0.2, 0.25) is 0 Å². The van der Waals surface area contributed by atoms with E-state index in [-0.39, 0.29) is 21.5 Å². The molecule has 0 heterocycles. The number of hydrogen-bond donors (Lipinski definition) is 0. The maximum Gasteiger partial charge on any atom is 0.340 e. The van der Waals surface area contributed by atoms with Gasteiger partial charge in [-0.2, -0.15) is 8.42 Å². The lowest BCUT2D eigenvalue weighted by Crippen LogP contribution is -2.15. The van der Waals surface area contributed by atoms with Crippen molar-refractivity contribution < 1.29 is 21.0 Å². The minimum atomic E-state index is -4.27. The van der Waals surface area contributed by atoms with Crippen LogP contribution < -0.4 is 4.18 Å². The quantitative estimate of drug-likeness (QED) is 0.731. The molecular weight excluding hydrogens is 348 g/mol. The topological polar surface area (TPSA) is 77.5 Å². The van der Waals surface area contributed by atoms with Crippen molar-refractivity contribution in [2.45, 2.75) is 36.0 Å². The van der Waals surface area contributed by atoms with Gasteiger partial charge in [-0.1, -0.05) is 44.2 Å². The summed E-state index contributed by atoms with van der Waals surface area (Å²) in [6.07, 6.45) is 1.79. The summed E-state index contributed by atoms with van der Waals surface area (Å²) in [5, 5.41) is 0. The van der Waals surface area contributed by atoms with Gasteiger partial charge in [0, 0.05) is 6.26 Å². The van der Waals surface area contributed by atoms with E-state index in [1.807, 2.05) is 26.0 Å². The zero-order chi connectivity index (χ0) is 18.0. The monoisotopic (exact) mass is 368 g/mol. The molecule has 0 aliphatic heterocycles. The fraction of sp³-hybridized carbons (Fsp3) is 0.294.